The zero-order valence-corrected chi connectivity index (χ0v) is 13.8. The molecule has 1 aromatic carbocycles. The highest BCUT2D eigenvalue weighted by Crippen LogP contribution is 2.19. The standard InChI is InChI=1S/C17H27N3O2/c1-13-4-5-16(22-3)14(12-13)6-9-18-17(21)19-15-7-10-20(2)11-8-15/h4-5,12,15H,6-11H2,1-3H3,(H2,18,19,21). The molecule has 0 saturated carbocycles. The number of carbonyl (C=O) groups is 1. The number of nitrogens with zero attached hydrogens (tertiary/aromatic N) is 1. The van der Waals surface area contributed by atoms with E-state index in [-0.39, 0.29) is 6.03 Å². The van der Waals surface area contributed by atoms with E-state index in [0.717, 1.165) is 43.7 Å². The van der Waals surface area contributed by atoms with Crippen LogP contribution in [0.3, 0.4) is 0 Å². The lowest BCUT2D eigenvalue weighted by Gasteiger charge is -2.29. The van der Waals surface area contributed by atoms with Gasteiger partial charge in [-0.1, -0.05) is 17.7 Å². The van der Waals surface area contributed by atoms with Gasteiger partial charge in [0.2, 0.25) is 0 Å². The largest absolute Gasteiger partial charge is 0.496 e. The predicted molar refractivity (Wildman–Crippen MR) is 88.5 cm³/mol. The van der Waals surface area contributed by atoms with Crippen molar-refractivity contribution in [3.63, 3.8) is 0 Å². The van der Waals surface area contributed by atoms with E-state index >= 15 is 0 Å². The summed E-state index contributed by atoms with van der Waals surface area (Å²) in [7, 11) is 3.79. The second-order valence-corrected chi connectivity index (χ2v) is 6.04. The zero-order chi connectivity index (χ0) is 15.9. The number of aryl methyl sites for hydroxylation is 1. The number of rotatable bonds is 5. The molecule has 1 heterocycles. The van der Waals surface area contributed by atoms with Gasteiger partial charge < -0.3 is 20.3 Å². The highest BCUT2D eigenvalue weighted by Gasteiger charge is 2.18. The van der Waals surface area contributed by atoms with Crippen molar-refractivity contribution in [3.05, 3.63) is 29.3 Å². The summed E-state index contributed by atoms with van der Waals surface area (Å²) in [6.45, 7) is 4.76. The summed E-state index contributed by atoms with van der Waals surface area (Å²) < 4.78 is 5.36. The molecule has 0 atom stereocenters. The van der Waals surface area contributed by atoms with Crippen LogP contribution in [0.5, 0.6) is 5.75 Å². The van der Waals surface area contributed by atoms with Gasteiger partial charge in [0.15, 0.2) is 0 Å². The number of methoxy groups -OCH3 is 1. The summed E-state index contributed by atoms with van der Waals surface area (Å²) in [6.07, 6.45) is 2.82. The average molecular weight is 305 g/mol. The number of benzene rings is 1. The maximum Gasteiger partial charge on any atom is 0.315 e. The first-order chi connectivity index (χ1) is 10.6. The fraction of sp³-hybridized carbons (Fsp3) is 0.588. The molecule has 2 N–H and O–H groups in total. The molecule has 1 fully saturated rings. The Balaban J connectivity index is 1.74. The van der Waals surface area contributed by atoms with Gasteiger partial charge in [0.1, 0.15) is 5.75 Å². The van der Waals surface area contributed by atoms with E-state index in [9.17, 15) is 4.79 Å². The first kappa shape index (κ1) is 16.6. The topological polar surface area (TPSA) is 53.6 Å². The van der Waals surface area contributed by atoms with Gasteiger partial charge in [0, 0.05) is 12.6 Å². The maximum atomic E-state index is 11.9. The Morgan fingerprint density at radius 3 is 2.77 bits per heavy atom. The van der Waals surface area contributed by atoms with Crippen molar-refractivity contribution >= 4 is 6.03 Å². The molecule has 0 aromatic heterocycles. The number of nitrogens with one attached hydrogen (secondary N) is 2. The summed E-state index contributed by atoms with van der Waals surface area (Å²) in [5.74, 6) is 0.878. The quantitative estimate of drug-likeness (QED) is 0.874. The Morgan fingerprint density at radius 2 is 2.09 bits per heavy atom. The van der Waals surface area contributed by atoms with Gasteiger partial charge in [-0.3, -0.25) is 0 Å². The summed E-state index contributed by atoms with van der Waals surface area (Å²) in [5, 5.41) is 6.00. The SMILES string of the molecule is COc1ccc(C)cc1CCNC(=O)NC1CCN(C)CC1. The van der Waals surface area contributed by atoms with E-state index in [1.165, 1.54) is 5.56 Å². The fourth-order valence-electron chi connectivity index (χ4n) is 2.80. The van der Waals surface area contributed by atoms with Crippen molar-refractivity contribution in [2.75, 3.05) is 33.8 Å². The fourth-order valence-corrected chi connectivity index (χ4v) is 2.80. The summed E-state index contributed by atoms with van der Waals surface area (Å²) in [4.78, 5) is 14.2. The van der Waals surface area contributed by atoms with Crippen molar-refractivity contribution < 1.29 is 9.53 Å². The van der Waals surface area contributed by atoms with E-state index in [2.05, 4.69) is 35.6 Å². The molecule has 5 heteroatoms. The van der Waals surface area contributed by atoms with Crippen LogP contribution in [0, 0.1) is 6.92 Å². The van der Waals surface area contributed by atoms with Gasteiger partial charge in [-0.2, -0.15) is 0 Å². The maximum absolute atomic E-state index is 11.9. The molecule has 5 nitrogen and oxygen atoms in total. The minimum absolute atomic E-state index is 0.0684. The van der Waals surface area contributed by atoms with Gasteiger partial charge in [-0.25, -0.2) is 4.79 Å². The smallest absolute Gasteiger partial charge is 0.315 e. The summed E-state index contributed by atoms with van der Waals surface area (Å²) in [6, 6.07) is 6.34. The highest BCUT2D eigenvalue weighted by atomic mass is 16.5. The molecular formula is C17H27N3O2. The van der Waals surface area contributed by atoms with Crippen LogP contribution in [0.4, 0.5) is 4.79 Å². The van der Waals surface area contributed by atoms with E-state index in [1.54, 1.807) is 7.11 Å². The first-order valence-corrected chi connectivity index (χ1v) is 7.95. The Hall–Kier alpha value is -1.75. The van der Waals surface area contributed by atoms with Crippen LogP contribution >= 0.6 is 0 Å². The molecule has 0 aliphatic carbocycles. The second kappa shape index (κ2) is 8.03. The van der Waals surface area contributed by atoms with Gasteiger partial charge >= 0.3 is 6.03 Å². The van der Waals surface area contributed by atoms with Gasteiger partial charge in [-0.15, -0.1) is 0 Å². The highest BCUT2D eigenvalue weighted by molar-refractivity contribution is 5.74. The third-order valence-corrected chi connectivity index (χ3v) is 4.17. The van der Waals surface area contributed by atoms with Crippen LogP contribution in [-0.4, -0.2) is 50.8 Å². The lowest BCUT2D eigenvalue weighted by molar-refractivity contribution is 0.214. The molecule has 1 aliphatic rings. The van der Waals surface area contributed by atoms with Crippen molar-refractivity contribution in [2.45, 2.75) is 32.2 Å². The molecule has 0 radical (unpaired) electrons. The van der Waals surface area contributed by atoms with E-state index < -0.39 is 0 Å². The van der Waals surface area contributed by atoms with Crippen LogP contribution in [-0.2, 0) is 6.42 Å². The number of hydrogen-bond donors (Lipinski definition) is 2. The average Bonchev–Trinajstić information content (AvgIpc) is 2.50. The number of amides is 2. The number of likely N-dealkylation sites (tertiary alicyclic amines) is 1. The number of piperidine rings is 1. The number of urea groups is 1. The third kappa shape index (κ3) is 4.91. The van der Waals surface area contributed by atoms with Gasteiger partial charge in [0.05, 0.1) is 7.11 Å². The minimum Gasteiger partial charge on any atom is -0.496 e. The van der Waals surface area contributed by atoms with Gasteiger partial charge in [0.25, 0.3) is 0 Å². The van der Waals surface area contributed by atoms with Gasteiger partial charge in [-0.05, 0) is 58.0 Å². The van der Waals surface area contributed by atoms with Crippen LogP contribution in [0.1, 0.15) is 24.0 Å². The second-order valence-electron chi connectivity index (χ2n) is 6.04. The zero-order valence-electron chi connectivity index (χ0n) is 13.8. The van der Waals surface area contributed by atoms with Crippen molar-refractivity contribution in [3.8, 4) is 5.75 Å². The summed E-state index contributed by atoms with van der Waals surface area (Å²) in [5.41, 5.74) is 2.33. The minimum atomic E-state index is -0.0684. The summed E-state index contributed by atoms with van der Waals surface area (Å²) >= 11 is 0. The number of ether oxygens (including phenoxy) is 1. The molecule has 2 rings (SSSR count). The van der Waals surface area contributed by atoms with E-state index in [4.69, 9.17) is 4.74 Å². The van der Waals surface area contributed by atoms with Crippen LogP contribution in [0.25, 0.3) is 0 Å². The lowest BCUT2D eigenvalue weighted by Crippen LogP contribution is -2.47. The Kier molecular flexibility index (Phi) is 6.07. The Labute approximate surface area is 133 Å². The molecule has 122 valence electrons. The molecule has 2 amide bonds. The number of hydrogen-bond acceptors (Lipinski definition) is 3. The van der Waals surface area contributed by atoms with Crippen LogP contribution in [0.2, 0.25) is 0 Å². The Bertz CT molecular complexity index is 497. The van der Waals surface area contributed by atoms with Crippen LogP contribution in [0.15, 0.2) is 18.2 Å². The molecule has 0 spiro atoms. The third-order valence-electron chi connectivity index (χ3n) is 4.17. The molecule has 0 unspecified atom stereocenters. The number of carbonyl (C=O) groups excluding carboxylic acids is 1. The molecular weight excluding hydrogens is 278 g/mol. The molecule has 1 saturated heterocycles. The predicted octanol–water partition coefficient (Wildman–Crippen LogP) is 1.94. The molecule has 0 bridgehead atoms. The molecule has 1 aromatic rings. The van der Waals surface area contributed by atoms with E-state index in [1.807, 2.05) is 12.1 Å². The Morgan fingerprint density at radius 1 is 1.36 bits per heavy atom. The normalized spacial score (nSPS) is 16.3. The lowest BCUT2D eigenvalue weighted by atomic mass is 10.1. The van der Waals surface area contributed by atoms with Crippen molar-refractivity contribution in [1.82, 2.24) is 15.5 Å². The van der Waals surface area contributed by atoms with E-state index in [0.29, 0.717) is 12.6 Å². The first-order valence-electron chi connectivity index (χ1n) is 7.95. The van der Waals surface area contributed by atoms with Crippen molar-refractivity contribution in [1.29, 1.82) is 0 Å². The molecule has 22 heavy (non-hydrogen) atoms. The molecule has 1 aliphatic heterocycles. The van der Waals surface area contributed by atoms with Crippen LogP contribution < -0.4 is 15.4 Å². The van der Waals surface area contributed by atoms with Crippen molar-refractivity contribution in [2.24, 2.45) is 0 Å². The monoisotopic (exact) mass is 305 g/mol.